The van der Waals surface area contributed by atoms with Crippen LogP contribution >= 0.6 is 0 Å². The monoisotopic (exact) mass is 613 g/mol. The molecule has 2 amide bonds. The van der Waals surface area contributed by atoms with E-state index in [4.69, 9.17) is 4.74 Å². The molecule has 0 heterocycles. The molecule has 230 valence electrons. The van der Waals surface area contributed by atoms with Gasteiger partial charge in [0.2, 0.25) is 11.8 Å². The number of carbonyl (C=O) groups excluding carboxylic acids is 2. The van der Waals surface area contributed by atoms with E-state index in [1.165, 1.54) is 24.1 Å². The molecule has 0 saturated heterocycles. The molecule has 0 bridgehead atoms. The van der Waals surface area contributed by atoms with Crippen LogP contribution in [0.5, 0.6) is 5.75 Å². The summed E-state index contributed by atoms with van der Waals surface area (Å²) in [5.74, 6) is -0.330. The van der Waals surface area contributed by atoms with Crippen molar-refractivity contribution in [3.05, 3.63) is 126 Å². The number of hydrogen-bond donors (Lipinski definition) is 1. The highest BCUT2D eigenvalue weighted by Gasteiger charge is 2.35. The third-order valence-corrected chi connectivity index (χ3v) is 8.72. The second kappa shape index (κ2) is 14.2. The zero-order chi connectivity index (χ0) is 31.7. The zero-order valence-electron chi connectivity index (χ0n) is 25.5. The molecule has 0 saturated carbocycles. The lowest BCUT2D eigenvalue weighted by molar-refractivity contribution is -0.140. The maximum absolute atomic E-state index is 14.4. The molecule has 0 radical (unpaired) electrons. The second-order valence-corrected chi connectivity index (χ2v) is 13.3. The Morgan fingerprint density at radius 1 is 0.773 bits per heavy atom. The van der Waals surface area contributed by atoms with Gasteiger partial charge < -0.3 is 15.0 Å². The molecule has 0 spiro atoms. The summed E-state index contributed by atoms with van der Waals surface area (Å²) in [5.41, 5.74) is 1.46. The molecule has 44 heavy (non-hydrogen) atoms. The van der Waals surface area contributed by atoms with Gasteiger partial charge in [-0.2, -0.15) is 0 Å². The molecule has 0 aliphatic rings. The summed E-state index contributed by atoms with van der Waals surface area (Å²) in [6, 6.07) is 32.4. The van der Waals surface area contributed by atoms with Crippen LogP contribution in [0.3, 0.4) is 0 Å². The Kier molecular flexibility index (Phi) is 10.4. The summed E-state index contributed by atoms with van der Waals surface area (Å²) in [6.45, 7) is 5.24. The first-order valence-electron chi connectivity index (χ1n) is 14.4. The highest BCUT2D eigenvalue weighted by atomic mass is 32.2. The molecular formula is C35H39N3O5S. The van der Waals surface area contributed by atoms with E-state index >= 15 is 0 Å². The number of methoxy groups -OCH3 is 1. The molecule has 9 heteroatoms. The summed E-state index contributed by atoms with van der Waals surface area (Å²) in [7, 11) is -2.68. The van der Waals surface area contributed by atoms with Gasteiger partial charge in [-0.3, -0.25) is 13.9 Å². The summed E-state index contributed by atoms with van der Waals surface area (Å²) in [4.78, 5) is 29.8. The lowest BCUT2D eigenvalue weighted by Gasteiger charge is -2.35. The minimum absolute atomic E-state index is 0.0101. The highest BCUT2D eigenvalue weighted by Crippen LogP contribution is 2.26. The largest absolute Gasteiger partial charge is 0.497 e. The van der Waals surface area contributed by atoms with Gasteiger partial charge in [-0.1, -0.05) is 78.9 Å². The van der Waals surface area contributed by atoms with Gasteiger partial charge in [0, 0.05) is 18.5 Å². The molecule has 0 aliphatic carbocycles. The van der Waals surface area contributed by atoms with Gasteiger partial charge >= 0.3 is 0 Å². The number of hydrogen-bond acceptors (Lipinski definition) is 5. The molecule has 4 aromatic rings. The fraction of sp³-hybridized carbons (Fsp3) is 0.257. The summed E-state index contributed by atoms with van der Waals surface area (Å²) >= 11 is 0. The number of sulfonamides is 1. The van der Waals surface area contributed by atoms with E-state index in [9.17, 15) is 18.0 Å². The summed E-state index contributed by atoms with van der Waals surface area (Å²) in [5, 5.41) is 3.04. The number of ether oxygens (including phenoxy) is 1. The van der Waals surface area contributed by atoms with E-state index in [2.05, 4.69) is 5.32 Å². The van der Waals surface area contributed by atoms with Crippen LogP contribution in [0.25, 0.3) is 0 Å². The molecule has 0 fully saturated rings. The molecule has 1 N–H and O–H groups in total. The van der Waals surface area contributed by atoms with Crippen molar-refractivity contribution in [2.45, 2.75) is 50.2 Å². The first-order chi connectivity index (χ1) is 21.0. The number of anilines is 1. The maximum Gasteiger partial charge on any atom is 0.264 e. The van der Waals surface area contributed by atoms with E-state index in [1.807, 2.05) is 81.4 Å². The van der Waals surface area contributed by atoms with Crippen molar-refractivity contribution in [1.29, 1.82) is 0 Å². The smallest absolute Gasteiger partial charge is 0.264 e. The first kappa shape index (κ1) is 32.3. The van der Waals surface area contributed by atoms with Gasteiger partial charge in [-0.05, 0) is 68.3 Å². The standard InChI is InChI=1S/C35H39N3O5S/c1-35(2,3)36-34(40)32(24-27-14-8-5-9-15-27)37(25-28-16-10-6-11-17-28)33(39)26-38(29-18-12-7-13-19-29)44(41,42)31-22-20-30(43-4)21-23-31/h5-23,32H,24-26H2,1-4H3,(H,36,40)/t32-/m1/s1. The van der Waals surface area contributed by atoms with Crippen molar-refractivity contribution in [1.82, 2.24) is 10.2 Å². The van der Waals surface area contributed by atoms with Gasteiger partial charge in [0.15, 0.2) is 0 Å². The van der Waals surface area contributed by atoms with Crippen molar-refractivity contribution in [2.75, 3.05) is 18.0 Å². The quantitative estimate of drug-likeness (QED) is 0.230. The molecule has 0 unspecified atom stereocenters. The van der Waals surface area contributed by atoms with Crippen LogP contribution in [0.4, 0.5) is 5.69 Å². The number of nitrogens with one attached hydrogen (secondary N) is 1. The van der Waals surface area contributed by atoms with Crippen LogP contribution in [0, 0.1) is 0 Å². The molecular weight excluding hydrogens is 574 g/mol. The van der Waals surface area contributed by atoms with E-state index in [0.29, 0.717) is 11.4 Å². The van der Waals surface area contributed by atoms with E-state index < -0.39 is 34.1 Å². The van der Waals surface area contributed by atoms with Gasteiger partial charge in [0.1, 0.15) is 18.3 Å². The summed E-state index contributed by atoms with van der Waals surface area (Å²) < 4.78 is 34.4. The molecule has 8 nitrogen and oxygen atoms in total. The third kappa shape index (κ3) is 8.48. The Hall–Kier alpha value is -4.63. The van der Waals surface area contributed by atoms with Gasteiger partial charge in [0.25, 0.3) is 10.0 Å². The number of amides is 2. The first-order valence-corrected chi connectivity index (χ1v) is 15.8. The lowest BCUT2D eigenvalue weighted by atomic mass is 10.0. The third-order valence-electron chi connectivity index (χ3n) is 6.94. The number of rotatable bonds is 12. The van der Waals surface area contributed by atoms with Crippen LogP contribution in [0.15, 0.2) is 120 Å². The minimum atomic E-state index is -4.18. The fourth-order valence-electron chi connectivity index (χ4n) is 4.78. The molecule has 4 rings (SSSR count). The molecule has 0 aliphatic heterocycles. The number of nitrogens with zero attached hydrogens (tertiary/aromatic N) is 2. The molecule has 0 aromatic heterocycles. The fourth-order valence-corrected chi connectivity index (χ4v) is 6.20. The van der Waals surface area contributed by atoms with Crippen LogP contribution < -0.4 is 14.4 Å². The Bertz CT molecular complexity index is 1620. The van der Waals surface area contributed by atoms with Gasteiger partial charge in [-0.25, -0.2) is 8.42 Å². The Balaban J connectivity index is 1.78. The van der Waals surface area contributed by atoms with Crippen molar-refractivity contribution >= 4 is 27.5 Å². The SMILES string of the molecule is COc1ccc(S(=O)(=O)N(CC(=O)N(Cc2ccccc2)[C@H](Cc2ccccc2)C(=O)NC(C)(C)C)c2ccccc2)cc1. The molecule has 4 aromatic carbocycles. The summed E-state index contributed by atoms with van der Waals surface area (Å²) in [6.07, 6.45) is 0.248. The van der Waals surface area contributed by atoms with Crippen molar-refractivity contribution < 1.29 is 22.7 Å². The highest BCUT2D eigenvalue weighted by molar-refractivity contribution is 7.92. The van der Waals surface area contributed by atoms with Crippen molar-refractivity contribution in [2.24, 2.45) is 0 Å². The van der Waals surface area contributed by atoms with E-state index in [0.717, 1.165) is 15.4 Å². The Morgan fingerprint density at radius 3 is 1.82 bits per heavy atom. The number of benzene rings is 4. The number of carbonyl (C=O) groups is 2. The van der Waals surface area contributed by atoms with Crippen molar-refractivity contribution in [3.8, 4) is 5.75 Å². The van der Waals surface area contributed by atoms with E-state index in [1.54, 1.807) is 42.5 Å². The van der Waals surface area contributed by atoms with Crippen molar-refractivity contribution in [3.63, 3.8) is 0 Å². The maximum atomic E-state index is 14.4. The topological polar surface area (TPSA) is 96.0 Å². The van der Waals surface area contributed by atoms with E-state index in [-0.39, 0.29) is 23.8 Å². The zero-order valence-corrected chi connectivity index (χ0v) is 26.3. The van der Waals surface area contributed by atoms with Crippen LogP contribution in [-0.4, -0.2) is 50.4 Å². The van der Waals surface area contributed by atoms with Crippen LogP contribution in [-0.2, 0) is 32.6 Å². The minimum Gasteiger partial charge on any atom is -0.497 e. The Morgan fingerprint density at radius 2 is 1.30 bits per heavy atom. The van der Waals surface area contributed by atoms with Gasteiger partial charge in [0.05, 0.1) is 17.7 Å². The second-order valence-electron chi connectivity index (χ2n) is 11.5. The normalized spacial score (nSPS) is 12.2. The number of para-hydroxylation sites is 1. The average molecular weight is 614 g/mol. The molecule has 1 atom stereocenters. The average Bonchev–Trinajstić information content (AvgIpc) is 3.02. The lowest BCUT2D eigenvalue weighted by Crippen LogP contribution is -2.56. The predicted molar refractivity (Wildman–Crippen MR) is 173 cm³/mol. The van der Waals surface area contributed by atoms with Crippen LogP contribution in [0.2, 0.25) is 0 Å². The predicted octanol–water partition coefficient (Wildman–Crippen LogP) is 5.45. The van der Waals surface area contributed by atoms with Gasteiger partial charge in [-0.15, -0.1) is 0 Å². The Labute approximate surface area is 260 Å². The van der Waals surface area contributed by atoms with Crippen LogP contribution in [0.1, 0.15) is 31.9 Å².